The monoisotopic (exact) mass is 1320 g/mol. The van der Waals surface area contributed by atoms with Gasteiger partial charge in [-0.05, 0) is 124 Å². The topological polar surface area (TPSA) is 136 Å². The first-order valence-electron chi connectivity index (χ1n) is 33.1. The molecule has 6 aromatic rings. The van der Waals surface area contributed by atoms with E-state index in [9.17, 15) is 28.4 Å². The quantitative estimate of drug-likeness (QED) is 0.0159. The summed E-state index contributed by atoms with van der Waals surface area (Å²) in [5.74, 6) is 0. The average molecular weight is 1320 g/mol. The van der Waals surface area contributed by atoms with Gasteiger partial charge in [-0.15, -0.1) is 0 Å². The smallest absolute Gasteiger partial charge is 0.790 e. The summed E-state index contributed by atoms with van der Waals surface area (Å²) in [5, 5.41) is 1.28. The van der Waals surface area contributed by atoms with Crippen molar-refractivity contribution in [2.45, 2.75) is 222 Å². The van der Waals surface area contributed by atoms with E-state index in [1.165, 1.54) is 171 Å². The predicted octanol–water partition coefficient (Wildman–Crippen LogP) is 18.7. The number of unbranched alkanes of at least 4 members (excludes halogenated alkanes) is 21. The van der Waals surface area contributed by atoms with Gasteiger partial charge in [0.1, 0.15) is 7.37 Å². The molecular weight excluding hydrogens is 1210 g/mol. The van der Waals surface area contributed by atoms with Crippen molar-refractivity contribution in [3.63, 3.8) is 0 Å². The van der Waals surface area contributed by atoms with E-state index in [1.807, 2.05) is 98.8 Å². The van der Waals surface area contributed by atoms with E-state index in [1.54, 1.807) is 73.7 Å². The fraction of sp³-hybridized carbons (Fsp3) is 0.487. The molecule has 0 aliphatic heterocycles. The van der Waals surface area contributed by atoms with Gasteiger partial charge in [0, 0.05) is 32.6 Å². The predicted molar refractivity (Wildman–Crippen MR) is 379 cm³/mol. The summed E-state index contributed by atoms with van der Waals surface area (Å²) in [4.78, 5) is 48.8. The number of carbonyl (C=O) groups is 3. The average Bonchev–Trinajstić information content (AvgIpc) is 2.07. The second-order valence-electron chi connectivity index (χ2n) is 22.3. The Balaban J connectivity index is 0.000000618. The number of hydrogen-bond donors (Lipinski definition) is 0. The summed E-state index contributed by atoms with van der Waals surface area (Å²) in [5.41, 5.74) is 3.70. The van der Waals surface area contributed by atoms with Crippen molar-refractivity contribution in [3.8, 4) is 0 Å². The second-order valence-corrected chi connectivity index (χ2v) is 28.5. The van der Waals surface area contributed by atoms with Crippen molar-refractivity contribution in [1.82, 2.24) is 0 Å². The zero-order valence-electron chi connectivity index (χ0n) is 55.2. The molecule has 90 heavy (non-hydrogen) atoms. The summed E-state index contributed by atoms with van der Waals surface area (Å²) in [6, 6.07) is 49.0. The molecule has 0 bridgehead atoms. The summed E-state index contributed by atoms with van der Waals surface area (Å²) >= 11 is 5.41. The summed E-state index contributed by atoms with van der Waals surface area (Å²) in [7, 11) is -8.74. The van der Waals surface area contributed by atoms with E-state index in [0.717, 1.165) is 36.6 Å². The Kier molecular flexibility index (Phi) is 49.4. The second kappa shape index (κ2) is 52.7. The molecule has 2 atom stereocenters. The van der Waals surface area contributed by atoms with Crippen LogP contribution in [0.5, 0.6) is 0 Å². The number of aryl methyl sites for hydroxylation is 3. The molecule has 0 aliphatic rings. The maximum Gasteiger partial charge on any atom is 1.00 e. The maximum atomic E-state index is 13.4. The van der Waals surface area contributed by atoms with Gasteiger partial charge >= 0.3 is 36.9 Å². The van der Waals surface area contributed by atoms with Crippen molar-refractivity contribution in [1.29, 1.82) is 0 Å². The van der Waals surface area contributed by atoms with Gasteiger partial charge in [0.25, 0.3) is 10.8 Å². The van der Waals surface area contributed by atoms with Crippen LogP contribution in [0.25, 0.3) is 0 Å². The van der Waals surface area contributed by atoms with Crippen LogP contribution in [0.2, 0.25) is 0 Å². The molecule has 0 N–H and O–H groups in total. The van der Waals surface area contributed by atoms with Gasteiger partial charge in [0.05, 0.1) is 19.8 Å². The van der Waals surface area contributed by atoms with Crippen LogP contribution in [0.1, 0.15) is 251 Å². The van der Waals surface area contributed by atoms with Crippen LogP contribution in [-0.2, 0) is 42.0 Å². The molecule has 2 unspecified atom stereocenters. The molecule has 0 aromatic heterocycles. The molecule has 6 rings (SSSR count). The van der Waals surface area contributed by atoms with Gasteiger partial charge in [-0.25, -0.2) is 0 Å². The molecule has 490 valence electrons. The third kappa shape index (κ3) is 34.5. The molecule has 0 heterocycles. The number of hydrogen-bond acceptors (Lipinski definition) is 9. The van der Waals surface area contributed by atoms with E-state index in [4.69, 9.17) is 25.2 Å². The first-order chi connectivity index (χ1) is 42.8. The van der Waals surface area contributed by atoms with Crippen LogP contribution in [0.3, 0.4) is 0 Å². The Hall–Kier alpha value is -3.65. The Morgan fingerprint density at radius 3 is 1.01 bits per heavy atom. The summed E-state index contributed by atoms with van der Waals surface area (Å²) in [6.07, 6.45) is 34.5. The van der Waals surface area contributed by atoms with Gasteiger partial charge < -0.3 is 23.0 Å². The van der Waals surface area contributed by atoms with Crippen molar-refractivity contribution in [2.24, 2.45) is 0 Å². The van der Waals surface area contributed by atoms with E-state index in [2.05, 4.69) is 20.8 Å². The first kappa shape index (κ1) is 84.4. The molecule has 14 heteroatoms. The van der Waals surface area contributed by atoms with Crippen LogP contribution in [0, 0.1) is 0 Å². The van der Waals surface area contributed by atoms with Crippen molar-refractivity contribution >= 4 is 66.9 Å². The standard InChI is InChI=1S/C25H35O3P.C23H31O3P.C17H25ClO.C10H15O2P.CH4.Na/c1-3-5-6-7-8-9-10-12-15-22-18-20-23(21-19-22)25(26)29(27,28-4-2)24-16-13-11-14-17-24;1-2-3-4-5-6-7-8-10-13-20-16-18-21(19-17-20)23(24)27(25,26)22-14-11-9-12-15-22;1-2-3-4-5-6-7-8-9-10-15-11-13-16(14-12-15)17(18)19;1-3-11-13(12-4-2)10-8-6-5-7-9-10;;/h11,13-14,16-21H,3-10,12,15H2,1-2H3;9,11-12,14-19H,2-8,10,13H2,1H3,(H,25,26);11-14H,2-10H2,1H3;5-9H,3-4H2,1-2H3;1H4;/q;;;;;+1/p-1. The molecule has 6 aromatic carbocycles. The molecule has 0 fully saturated rings. The Labute approximate surface area is 573 Å². The van der Waals surface area contributed by atoms with Crippen molar-refractivity contribution in [3.05, 3.63) is 197 Å². The zero-order chi connectivity index (χ0) is 63.9. The van der Waals surface area contributed by atoms with E-state index in [0.29, 0.717) is 29.6 Å². The minimum Gasteiger partial charge on any atom is -0.790 e. The summed E-state index contributed by atoms with van der Waals surface area (Å²) < 4.78 is 42.3. The number of rotatable bonds is 41. The normalized spacial score (nSPS) is 12.0. The Bertz CT molecular complexity index is 2840. The largest absolute Gasteiger partial charge is 1.00 e. The fourth-order valence-corrected chi connectivity index (χ4v) is 14.5. The van der Waals surface area contributed by atoms with E-state index in [-0.39, 0.29) is 59.7 Å². The third-order valence-corrected chi connectivity index (χ3v) is 21.1. The molecule has 0 saturated carbocycles. The third-order valence-electron chi connectivity index (χ3n) is 15.0. The van der Waals surface area contributed by atoms with Gasteiger partial charge in [-0.3, -0.25) is 18.9 Å². The van der Waals surface area contributed by atoms with Gasteiger partial charge in [0.2, 0.25) is 13.9 Å². The van der Waals surface area contributed by atoms with Crippen LogP contribution >= 0.6 is 34.7 Å². The Morgan fingerprint density at radius 1 is 0.389 bits per heavy atom. The molecule has 9 nitrogen and oxygen atoms in total. The van der Waals surface area contributed by atoms with Crippen LogP contribution in [0.15, 0.2) is 164 Å². The SMILES string of the molecule is C.CCCCCCCCCCc1ccc(C(=O)Cl)cc1.CCCCCCCCCCc1ccc(C(=O)P(=O)(OCC)c2ccccc2)cc1.CCCCCCCCCCc1ccc(C(=O)P(=O)([O-])c2ccccc2)cc1.CCOP(OCC)c1ccccc1.[Na+]. The minimum absolute atomic E-state index is 0. The van der Waals surface area contributed by atoms with Gasteiger partial charge in [-0.1, -0.05) is 290 Å². The summed E-state index contributed by atoms with van der Waals surface area (Å²) in [6.45, 7) is 14.1. The van der Waals surface area contributed by atoms with E-state index < -0.39 is 34.2 Å². The molecule has 0 aliphatic carbocycles. The first-order valence-corrected chi connectivity index (χ1v) is 37.9. The van der Waals surface area contributed by atoms with Crippen molar-refractivity contribution in [2.75, 3.05) is 19.8 Å². The van der Waals surface area contributed by atoms with E-state index >= 15 is 0 Å². The number of halogens is 1. The van der Waals surface area contributed by atoms with Crippen LogP contribution in [0.4, 0.5) is 0 Å². The zero-order valence-corrected chi connectivity index (χ0v) is 60.6. The number of benzene rings is 6. The maximum absolute atomic E-state index is 13.4. The molecule has 0 saturated heterocycles. The molecule has 0 radical (unpaired) electrons. The van der Waals surface area contributed by atoms with Crippen LogP contribution in [-0.4, -0.2) is 36.1 Å². The van der Waals surface area contributed by atoms with Gasteiger partial charge in [-0.2, -0.15) is 0 Å². The molecule has 0 amide bonds. The van der Waals surface area contributed by atoms with Gasteiger partial charge in [0.15, 0.2) is 0 Å². The van der Waals surface area contributed by atoms with Crippen molar-refractivity contribution < 1.29 is 71.5 Å². The Morgan fingerprint density at radius 2 is 0.689 bits per heavy atom. The fourth-order valence-electron chi connectivity index (χ4n) is 9.93. The molecular formula is C76H109ClNaO9P3. The minimum atomic E-state index is -4.30. The molecule has 0 spiro atoms. The van der Waals surface area contributed by atoms with Crippen LogP contribution < -0.4 is 50.4 Å². The number of carbonyl (C=O) groups excluding carboxylic acids is 3.